The largest absolute Gasteiger partial charge is 0.416 e. The van der Waals surface area contributed by atoms with Gasteiger partial charge in [0, 0.05) is 24.1 Å². The summed E-state index contributed by atoms with van der Waals surface area (Å²) in [7, 11) is 0. The lowest BCUT2D eigenvalue weighted by Gasteiger charge is -2.18. The van der Waals surface area contributed by atoms with Crippen LogP contribution in [0.5, 0.6) is 0 Å². The second kappa shape index (κ2) is 7.11. The Kier molecular flexibility index (Phi) is 4.49. The summed E-state index contributed by atoms with van der Waals surface area (Å²) in [5, 5.41) is 2.81. The third-order valence-corrected chi connectivity index (χ3v) is 5.91. The van der Waals surface area contributed by atoms with Crippen LogP contribution in [0.15, 0.2) is 48.5 Å². The third kappa shape index (κ3) is 3.64. The SMILES string of the molecule is O=C(N[C@@H]1CCN(c2ccc(C(F)(F)F)cc2)C1=O)[C@H]1C[C@@H]1c1nc2ccccc2[nH]1. The van der Waals surface area contributed by atoms with Gasteiger partial charge in [0.25, 0.3) is 0 Å². The number of halogens is 3. The van der Waals surface area contributed by atoms with Crippen LogP contribution >= 0.6 is 0 Å². The van der Waals surface area contributed by atoms with Crippen molar-refractivity contribution in [3.63, 3.8) is 0 Å². The van der Waals surface area contributed by atoms with E-state index in [2.05, 4.69) is 15.3 Å². The van der Waals surface area contributed by atoms with E-state index in [1.54, 1.807) is 0 Å². The molecule has 2 aromatic carbocycles. The number of H-pyrrole nitrogens is 1. The average molecular weight is 428 g/mol. The number of carbonyl (C=O) groups is 2. The van der Waals surface area contributed by atoms with Crippen LogP contribution in [0.3, 0.4) is 0 Å². The Morgan fingerprint density at radius 1 is 1.13 bits per heavy atom. The minimum atomic E-state index is -4.43. The summed E-state index contributed by atoms with van der Waals surface area (Å²) in [5.41, 5.74) is 1.39. The zero-order valence-corrected chi connectivity index (χ0v) is 16.3. The Labute approximate surface area is 175 Å². The van der Waals surface area contributed by atoms with E-state index in [0.29, 0.717) is 25.1 Å². The molecule has 1 saturated carbocycles. The topological polar surface area (TPSA) is 78.1 Å². The number of hydrogen-bond acceptors (Lipinski definition) is 3. The van der Waals surface area contributed by atoms with Gasteiger partial charge < -0.3 is 15.2 Å². The maximum absolute atomic E-state index is 12.7. The van der Waals surface area contributed by atoms with Crippen molar-refractivity contribution < 1.29 is 22.8 Å². The summed E-state index contributed by atoms with van der Waals surface area (Å²) in [5.74, 6) is 0.0148. The van der Waals surface area contributed by atoms with Crippen molar-refractivity contribution in [1.29, 1.82) is 0 Å². The van der Waals surface area contributed by atoms with E-state index >= 15 is 0 Å². The van der Waals surface area contributed by atoms with Gasteiger partial charge in [0.2, 0.25) is 11.8 Å². The number of hydrogen-bond donors (Lipinski definition) is 2. The molecule has 31 heavy (non-hydrogen) atoms. The van der Waals surface area contributed by atoms with Crippen molar-refractivity contribution in [3.8, 4) is 0 Å². The van der Waals surface area contributed by atoms with Gasteiger partial charge in [-0.15, -0.1) is 0 Å². The zero-order chi connectivity index (χ0) is 21.8. The van der Waals surface area contributed by atoms with Crippen molar-refractivity contribution in [2.75, 3.05) is 11.4 Å². The second-order valence-corrected chi connectivity index (χ2v) is 7.97. The highest BCUT2D eigenvalue weighted by molar-refractivity contribution is 6.01. The van der Waals surface area contributed by atoms with Crippen molar-refractivity contribution in [1.82, 2.24) is 15.3 Å². The number of nitrogens with one attached hydrogen (secondary N) is 2. The fraction of sp³-hybridized carbons (Fsp3) is 0.318. The number of carbonyl (C=O) groups excluding carboxylic acids is 2. The lowest BCUT2D eigenvalue weighted by molar-refractivity contribution is -0.137. The van der Waals surface area contributed by atoms with E-state index in [4.69, 9.17) is 0 Å². The molecule has 2 amide bonds. The van der Waals surface area contributed by atoms with E-state index in [1.807, 2.05) is 24.3 Å². The molecule has 1 aromatic heterocycles. The van der Waals surface area contributed by atoms with Crippen molar-refractivity contribution >= 4 is 28.5 Å². The number of anilines is 1. The molecule has 160 valence electrons. The molecule has 2 N–H and O–H groups in total. The fourth-order valence-corrected chi connectivity index (χ4v) is 4.11. The van der Waals surface area contributed by atoms with E-state index in [-0.39, 0.29) is 23.7 Å². The molecular formula is C22H19F3N4O2. The van der Waals surface area contributed by atoms with Crippen LogP contribution in [0.4, 0.5) is 18.9 Å². The molecule has 0 radical (unpaired) electrons. The lowest BCUT2D eigenvalue weighted by Crippen LogP contribution is -2.42. The van der Waals surface area contributed by atoms with Crippen molar-refractivity contribution in [2.24, 2.45) is 5.92 Å². The predicted octanol–water partition coefficient (Wildman–Crippen LogP) is 3.61. The number of aromatic nitrogens is 2. The summed E-state index contributed by atoms with van der Waals surface area (Å²) in [6, 6.07) is 11.4. The first-order valence-corrected chi connectivity index (χ1v) is 10.0. The van der Waals surface area contributed by atoms with Crippen LogP contribution < -0.4 is 10.2 Å². The molecule has 3 atom stereocenters. The summed E-state index contributed by atoms with van der Waals surface area (Å²) in [6.07, 6.45) is -3.35. The Bertz CT molecular complexity index is 1120. The summed E-state index contributed by atoms with van der Waals surface area (Å²) >= 11 is 0. The molecule has 5 rings (SSSR count). The molecule has 6 nitrogen and oxygen atoms in total. The van der Waals surface area contributed by atoms with E-state index in [0.717, 1.165) is 29.0 Å². The van der Waals surface area contributed by atoms with E-state index in [9.17, 15) is 22.8 Å². The quantitative estimate of drug-likeness (QED) is 0.667. The number of imidazole rings is 1. The highest BCUT2D eigenvalue weighted by atomic mass is 19.4. The molecule has 2 aliphatic rings. The summed E-state index contributed by atoms with van der Waals surface area (Å²) in [4.78, 5) is 34.6. The van der Waals surface area contributed by atoms with Gasteiger partial charge in [-0.1, -0.05) is 12.1 Å². The maximum Gasteiger partial charge on any atom is 0.416 e. The highest BCUT2D eigenvalue weighted by Crippen LogP contribution is 2.47. The molecule has 1 saturated heterocycles. The number of benzene rings is 2. The minimum Gasteiger partial charge on any atom is -0.344 e. The number of alkyl halides is 3. The monoisotopic (exact) mass is 428 g/mol. The first-order chi connectivity index (χ1) is 14.8. The average Bonchev–Trinajstić information content (AvgIpc) is 3.31. The minimum absolute atomic E-state index is 0.00470. The number of para-hydroxylation sites is 2. The fourth-order valence-electron chi connectivity index (χ4n) is 4.11. The van der Waals surface area contributed by atoms with Gasteiger partial charge in [0.1, 0.15) is 11.9 Å². The Morgan fingerprint density at radius 2 is 1.87 bits per heavy atom. The Hall–Kier alpha value is -3.36. The lowest BCUT2D eigenvalue weighted by atomic mass is 10.2. The van der Waals surface area contributed by atoms with E-state index < -0.39 is 17.8 Å². The maximum atomic E-state index is 12.7. The third-order valence-electron chi connectivity index (χ3n) is 5.91. The second-order valence-electron chi connectivity index (χ2n) is 7.97. The van der Waals surface area contributed by atoms with Gasteiger partial charge in [-0.05, 0) is 49.2 Å². The van der Waals surface area contributed by atoms with Crippen LogP contribution in [-0.4, -0.2) is 34.4 Å². The molecule has 0 spiro atoms. The zero-order valence-electron chi connectivity index (χ0n) is 16.3. The van der Waals surface area contributed by atoms with Crippen molar-refractivity contribution in [2.45, 2.75) is 31.0 Å². The van der Waals surface area contributed by atoms with Gasteiger partial charge in [-0.2, -0.15) is 13.2 Å². The van der Waals surface area contributed by atoms with Gasteiger partial charge in [0.15, 0.2) is 0 Å². The molecule has 1 aliphatic heterocycles. The molecule has 0 bridgehead atoms. The smallest absolute Gasteiger partial charge is 0.344 e. The van der Waals surface area contributed by atoms with Crippen LogP contribution in [0, 0.1) is 5.92 Å². The first kappa shape index (κ1) is 19.6. The first-order valence-electron chi connectivity index (χ1n) is 10.0. The molecule has 0 unspecified atom stereocenters. The molecule has 3 aromatic rings. The van der Waals surface area contributed by atoms with E-state index in [1.165, 1.54) is 17.0 Å². The number of aromatic amines is 1. The van der Waals surface area contributed by atoms with Crippen molar-refractivity contribution in [3.05, 3.63) is 59.9 Å². The molecule has 1 aliphatic carbocycles. The van der Waals surface area contributed by atoms with Crippen LogP contribution in [0.1, 0.15) is 30.1 Å². The molecule has 2 fully saturated rings. The number of fused-ring (bicyclic) bond motifs is 1. The molecule has 2 heterocycles. The Balaban J connectivity index is 1.21. The number of nitrogens with zero attached hydrogens (tertiary/aromatic N) is 2. The molecule has 9 heteroatoms. The van der Waals surface area contributed by atoms with Gasteiger partial charge in [-0.3, -0.25) is 9.59 Å². The standard InChI is InChI=1S/C22H19F3N4O2/c23-22(24,25)12-5-7-13(8-6-12)29-10-9-18(21(29)31)28-20(30)15-11-14(15)19-26-16-3-1-2-4-17(16)27-19/h1-8,14-15,18H,9-11H2,(H,26,27)(H,28,30)/t14-,15-,18+/m0/s1. The van der Waals surface area contributed by atoms with Gasteiger partial charge in [0.05, 0.1) is 16.6 Å². The number of amides is 2. The van der Waals surface area contributed by atoms with Gasteiger partial charge >= 0.3 is 6.18 Å². The van der Waals surface area contributed by atoms with Crippen LogP contribution in [-0.2, 0) is 15.8 Å². The summed E-state index contributed by atoms with van der Waals surface area (Å²) in [6.45, 7) is 0.340. The number of rotatable bonds is 4. The molecular weight excluding hydrogens is 409 g/mol. The Morgan fingerprint density at radius 3 is 2.58 bits per heavy atom. The summed E-state index contributed by atoms with van der Waals surface area (Å²) < 4.78 is 38.2. The van der Waals surface area contributed by atoms with Crippen LogP contribution in [0.25, 0.3) is 11.0 Å². The highest BCUT2D eigenvalue weighted by Gasteiger charge is 2.47. The normalized spacial score (nSPS) is 23.4. The van der Waals surface area contributed by atoms with Gasteiger partial charge in [-0.25, -0.2) is 4.98 Å². The predicted molar refractivity (Wildman–Crippen MR) is 107 cm³/mol. The van der Waals surface area contributed by atoms with Crippen LogP contribution in [0.2, 0.25) is 0 Å².